The van der Waals surface area contributed by atoms with Crippen molar-refractivity contribution in [3.63, 3.8) is 0 Å². The first kappa shape index (κ1) is 29.3. The lowest BCUT2D eigenvalue weighted by Gasteiger charge is -2.17. The minimum absolute atomic E-state index is 0.00166. The summed E-state index contributed by atoms with van der Waals surface area (Å²) >= 11 is 0. The third kappa shape index (κ3) is 9.21. The second-order valence-electron chi connectivity index (χ2n) is 8.16. The normalized spacial score (nSPS) is 11.3. The fourth-order valence-corrected chi connectivity index (χ4v) is 2.75. The molecule has 2 aromatic rings. The van der Waals surface area contributed by atoms with Gasteiger partial charge < -0.3 is 28.8 Å². The maximum absolute atomic E-state index is 15.1. The molecule has 1 atom stereocenters. The molecule has 0 aliphatic carbocycles. The molecule has 0 aliphatic rings. The highest BCUT2D eigenvalue weighted by Crippen LogP contribution is 2.36. The Morgan fingerprint density at radius 1 is 0.865 bits per heavy atom. The summed E-state index contributed by atoms with van der Waals surface area (Å²) in [4.78, 5) is 23.2. The van der Waals surface area contributed by atoms with Crippen LogP contribution in [-0.2, 0) is 19.1 Å². The Kier molecular flexibility index (Phi) is 11.0. The summed E-state index contributed by atoms with van der Waals surface area (Å²) in [5.41, 5.74) is 2.01. The summed E-state index contributed by atoms with van der Waals surface area (Å²) < 4.78 is 41.7. The van der Waals surface area contributed by atoms with Crippen LogP contribution < -0.4 is 14.2 Å². The lowest BCUT2D eigenvalue weighted by molar-refractivity contribution is -0.139. The molecule has 0 saturated heterocycles. The van der Waals surface area contributed by atoms with Crippen molar-refractivity contribution in [2.45, 2.75) is 27.1 Å². The number of benzene rings is 2. The van der Waals surface area contributed by atoms with Crippen LogP contribution in [-0.4, -0.2) is 49.8 Å². The van der Waals surface area contributed by atoms with Crippen molar-refractivity contribution in [1.29, 1.82) is 0 Å². The summed E-state index contributed by atoms with van der Waals surface area (Å²) in [5, 5.41) is 9.70. The number of esters is 2. The molecule has 198 valence electrons. The highest BCUT2D eigenvalue weighted by Gasteiger charge is 2.17. The van der Waals surface area contributed by atoms with Crippen LogP contribution in [0.25, 0.3) is 11.1 Å². The molecule has 1 unspecified atom stereocenters. The van der Waals surface area contributed by atoms with E-state index in [0.29, 0.717) is 22.4 Å². The molecule has 0 saturated carbocycles. The number of halogens is 1. The van der Waals surface area contributed by atoms with Gasteiger partial charge in [0.15, 0.2) is 23.6 Å². The number of carbonyl (C=O) groups excluding carboxylic acids is 2. The summed E-state index contributed by atoms with van der Waals surface area (Å²) in [6, 6.07) is 9.29. The van der Waals surface area contributed by atoms with Crippen LogP contribution in [0.15, 0.2) is 72.9 Å². The minimum Gasteiger partial charge on any atom is -0.487 e. The number of rotatable bonds is 14. The molecule has 9 heteroatoms. The van der Waals surface area contributed by atoms with E-state index in [1.807, 2.05) is 0 Å². The van der Waals surface area contributed by atoms with Crippen LogP contribution in [0, 0.1) is 5.82 Å². The van der Waals surface area contributed by atoms with Crippen molar-refractivity contribution in [3.8, 4) is 28.4 Å². The lowest BCUT2D eigenvalue weighted by Crippen LogP contribution is -2.18. The van der Waals surface area contributed by atoms with Gasteiger partial charge in [0, 0.05) is 11.1 Å². The lowest BCUT2D eigenvalue weighted by atomic mass is 10.0. The summed E-state index contributed by atoms with van der Waals surface area (Å²) in [6.45, 7) is 15.0. The van der Waals surface area contributed by atoms with Crippen molar-refractivity contribution >= 4 is 11.9 Å². The molecule has 8 nitrogen and oxygen atoms in total. The van der Waals surface area contributed by atoms with Gasteiger partial charge in [-0.25, -0.2) is 14.0 Å². The van der Waals surface area contributed by atoms with Gasteiger partial charge in [0.25, 0.3) is 0 Å². The molecule has 0 fully saturated rings. The molecule has 0 radical (unpaired) electrons. The molecule has 1 N–H and O–H groups in total. The Bertz CT molecular complexity index is 1150. The van der Waals surface area contributed by atoms with Crippen molar-refractivity contribution in [2.75, 3.05) is 26.4 Å². The van der Waals surface area contributed by atoms with Gasteiger partial charge in [-0.15, -0.1) is 0 Å². The molecule has 37 heavy (non-hydrogen) atoms. The zero-order valence-electron chi connectivity index (χ0n) is 21.2. The first-order valence-corrected chi connectivity index (χ1v) is 11.3. The number of carbonyl (C=O) groups is 2. The third-order valence-electron chi connectivity index (χ3n) is 4.71. The molecule has 0 aliphatic heterocycles. The van der Waals surface area contributed by atoms with Crippen molar-refractivity contribution < 1.29 is 42.8 Å². The number of ether oxygens (including phenoxy) is 5. The fourth-order valence-electron chi connectivity index (χ4n) is 2.75. The molecule has 0 aromatic heterocycles. The topological polar surface area (TPSA) is 101 Å². The van der Waals surface area contributed by atoms with E-state index in [-0.39, 0.29) is 49.1 Å². The maximum atomic E-state index is 15.1. The van der Waals surface area contributed by atoms with Crippen molar-refractivity contribution in [2.24, 2.45) is 0 Å². The van der Waals surface area contributed by atoms with E-state index in [2.05, 4.69) is 19.7 Å². The van der Waals surface area contributed by atoms with E-state index in [1.165, 1.54) is 13.0 Å². The second kappa shape index (κ2) is 14.0. The first-order valence-electron chi connectivity index (χ1n) is 11.3. The first-order chi connectivity index (χ1) is 17.5. The molecule has 2 rings (SSSR count). The Morgan fingerprint density at radius 2 is 1.49 bits per heavy atom. The average Bonchev–Trinajstić information content (AvgIpc) is 2.85. The van der Waals surface area contributed by atoms with E-state index < -0.39 is 24.0 Å². The largest absolute Gasteiger partial charge is 0.487 e. The monoisotopic (exact) mass is 514 g/mol. The predicted octanol–water partition coefficient (Wildman–Crippen LogP) is 4.76. The smallest absolute Gasteiger partial charge is 0.338 e. The minimum atomic E-state index is -1.15. The standard InChI is InChI=1S/C28H31FO8/c1-17(2)26(30)35-13-11-33-24-16-21(20-7-9-22(10-8-20)37-28(32)19(5)6)15-23(29)25(24)34-12-14-36-27(31)18(3)4/h7-10,15-16,26,30H,1,3,5,11-14H2,2,4,6H3. The number of hydrogen-bond donors (Lipinski definition) is 1. The molecule has 0 bridgehead atoms. The highest BCUT2D eigenvalue weighted by atomic mass is 19.1. The van der Waals surface area contributed by atoms with Crippen LogP contribution in [0.5, 0.6) is 17.2 Å². The maximum Gasteiger partial charge on any atom is 0.338 e. The van der Waals surface area contributed by atoms with E-state index >= 15 is 4.39 Å². The van der Waals surface area contributed by atoms with Crippen LogP contribution in [0.2, 0.25) is 0 Å². The Labute approximate surface area is 215 Å². The van der Waals surface area contributed by atoms with Gasteiger partial charge in [-0.1, -0.05) is 31.9 Å². The zero-order valence-corrected chi connectivity index (χ0v) is 21.2. The molecule has 0 heterocycles. The highest BCUT2D eigenvalue weighted by molar-refractivity contribution is 5.89. The van der Waals surface area contributed by atoms with Crippen molar-refractivity contribution in [1.82, 2.24) is 0 Å². The number of aliphatic hydroxyl groups excluding tert-OH is 1. The third-order valence-corrected chi connectivity index (χ3v) is 4.71. The van der Waals surface area contributed by atoms with Crippen molar-refractivity contribution in [3.05, 3.63) is 78.7 Å². The molecular weight excluding hydrogens is 483 g/mol. The Balaban J connectivity index is 2.21. The average molecular weight is 515 g/mol. The number of hydrogen-bond acceptors (Lipinski definition) is 8. The predicted molar refractivity (Wildman–Crippen MR) is 136 cm³/mol. The van der Waals surface area contributed by atoms with E-state index in [0.717, 1.165) is 0 Å². The van der Waals surface area contributed by atoms with Gasteiger partial charge in [0.1, 0.15) is 25.6 Å². The molecular formula is C28H31FO8. The molecule has 2 aromatic carbocycles. The summed E-state index contributed by atoms with van der Waals surface area (Å²) in [5.74, 6) is -1.63. The number of aliphatic hydroxyl groups is 1. The van der Waals surface area contributed by atoms with Crippen LogP contribution in [0.3, 0.4) is 0 Å². The van der Waals surface area contributed by atoms with Gasteiger partial charge in [-0.05, 0) is 61.7 Å². The van der Waals surface area contributed by atoms with Gasteiger partial charge in [-0.2, -0.15) is 0 Å². The summed E-state index contributed by atoms with van der Waals surface area (Å²) in [7, 11) is 0. The Hall–Kier alpha value is -3.95. The fraction of sp³-hybridized carbons (Fsp3) is 0.286. The van der Waals surface area contributed by atoms with Crippen LogP contribution in [0.1, 0.15) is 20.8 Å². The van der Waals surface area contributed by atoms with E-state index in [9.17, 15) is 14.7 Å². The SMILES string of the molecule is C=C(C)C(=O)OCCOc1c(F)cc(-c2ccc(OC(=O)C(=C)C)cc2)cc1OCCOC(O)C(=C)C. The zero-order chi connectivity index (χ0) is 27.5. The molecule has 0 amide bonds. The van der Waals surface area contributed by atoms with Gasteiger partial charge >= 0.3 is 11.9 Å². The van der Waals surface area contributed by atoms with Gasteiger partial charge in [-0.3, -0.25) is 0 Å². The summed E-state index contributed by atoms with van der Waals surface area (Å²) in [6.07, 6.45) is -1.15. The molecule has 0 spiro atoms. The second-order valence-corrected chi connectivity index (χ2v) is 8.16. The van der Waals surface area contributed by atoms with Crippen LogP contribution >= 0.6 is 0 Å². The van der Waals surface area contributed by atoms with E-state index in [1.54, 1.807) is 44.2 Å². The van der Waals surface area contributed by atoms with Gasteiger partial charge in [0.2, 0.25) is 0 Å². The van der Waals surface area contributed by atoms with E-state index in [4.69, 9.17) is 23.7 Å². The van der Waals surface area contributed by atoms with Crippen LogP contribution in [0.4, 0.5) is 4.39 Å². The Morgan fingerprint density at radius 3 is 2.08 bits per heavy atom. The quantitative estimate of drug-likeness (QED) is 0.0962. The van der Waals surface area contributed by atoms with Gasteiger partial charge in [0.05, 0.1) is 6.61 Å².